The molecule has 0 unspecified atom stereocenters. The number of benzene rings is 1. The van der Waals surface area contributed by atoms with E-state index in [1.54, 1.807) is 11.0 Å². The maximum absolute atomic E-state index is 12.2. The Morgan fingerprint density at radius 1 is 1.32 bits per heavy atom. The Hall–Kier alpha value is -1.75. The van der Waals surface area contributed by atoms with Gasteiger partial charge < -0.3 is 20.8 Å². The van der Waals surface area contributed by atoms with Crippen molar-refractivity contribution in [3.8, 4) is 11.5 Å². The van der Waals surface area contributed by atoms with Crippen molar-refractivity contribution in [3.05, 3.63) is 23.8 Å². The zero-order valence-corrected chi connectivity index (χ0v) is 11.6. The van der Waals surface area contributed by atoms with Crippen molar-refractivity contribution in [2.24, 2.45) is 5.73 Å². The normalized spacial score (nSPS) is 12.5. The fourth-order valence-corrected chi connectivity index (χ4v) is 2.03. The summed E-state index contributed by atoms with van der Waals surface area (Å²) in [6.45, 7) is 6.42. The summed E-state index contributed by atoms with van der Waals surface area (Å²) in [7, 11) is 0. The number of carbonyl (C=O) groups is 1. The highest BCUT2D eigenvalue weighted by Crippen LogP contribution is 2.25. The Morgan fingerprint density at radius 2 is 1.95 bits per heavy atom. The Labute approximate surface area is 113 Å². The molecule has 0 saturated carbocycles. The molecule has 0 spiro atoms. The van der Waals surface area contributed by atoms with Gasteiger partial charge in [0.25, 0.3) is 0 Å². The molecule has 4 N–H and O–H groups in total. The van der Waals surface area contributed by atoms with Gasteiger partial charge in [-0.2, -0.15) is 0 Å². The molecule has 0 radical (unpaired) electrons. The van der Waals surface area contributed by atoms with E-state index in [4.69, 9.17) is 5.73 Å². The second-order valence-electron chi connectivity index (χ2n) is 4.85. The molecule has 0 bridgehead atoms. The molecule has 106 valence electrons. The minimum Gasteiger partial charge on any atom is -0.504 e. The Balaban J connectivity index is 2.75. The number of nitrogens with two attached hydrogens (primary N) is 1. The minimum atomic E-state index is -0.647. The van der Waals surface area contributed by atoms with E-state index in [2.05, 4.69) is 0 Å². The van der Waals surface area contributed by atoms with E-state index in [0.29, 0.717) is 13.0 Å². The highest BCUT2D eigenvalue weighted by molar-refractivity contribution is 5.82. The first-order valence-electron chi connectivity index (χ1n) is 6.43. The molecule has 0 saturated heterocycles. The first-order valence-corrected chi connectivity index (χ1v) is 6.43. The third-order valence-corrected chi connectivity index (χ3v) is 3.06. The van der Waals surface area contributed by atoms with Gasteiger partial charge in [-0.1, -0.05) is 6.07 Å². The van der Waals surface area contributed by atoms with E-state index in [1.807, 2.05) is 20.8 Å². The van der Waals surface area contributed by atoms with Crippen molar-refractivity contribution < 1.29 is 15.0 Å². The molecule has 1 aromatic rings. The second kappa shape index (κ2) is 6.43. The van der Waals surface area contributed by atoms with Crippen LogP contribution in [-0.4, -0.2) is 39.6 Å². The average molecular weight is 266 g/mol. The number of hydrogen-bond acceptors (Lipinski definition) is 4. The third-order valence-electron chi connectivity index (χ3n) is 3.06. The lowest BCUT2D eigenvalue weighted by atomic mass is 10.0. The van der Waals surface area contributed by atoms with Crippen molar-refractivity contribution in [2.75, 3.05) is 6.54 Å². The number of carbonyl (C=O) groups excluding carboxylic acids is 1. The molecule has 1 aromatic carbocycles. The van der Waals surface area contributed by atoms with Gasteiger partial charge in [0.2, 0.25) is 5.91 Å². The van der Waals surface area contributed by atoms with Crippen molar-refractivity contribution in [1.82, 2.24) is 4.90 Å². The van der Waals surface area contributed by atoms with Crippen LogP contribution in [0.1, 0.15) is 26.3 Å². The SMILES string of the molecule is CCN(C(=O)[C@@H](N)Cc1ccc(O)c(O)c1)C(C)C. The van der Waals surface area contributed by atoms with Crippen LogP contribution in [0.4, 0.5) is 0 Å². The van der Waals surface area contributed by atoms with Gasteiger partial charge in [-0.3, -0.25) is 4.79 Å². The smallest absolute Gasteiger partial charge is 0.240 e. The maximum atomic E-state index is 12.2. The van der Waals surface area contributed by atoms with E-state index in [-0.39, 0.29) is 23.4 Å². The van der Waals surface area contributed by atoms with E-state index in [0.717, 1.165) is 5.56 Å². The number of rotatable bonds is 5. The summed E-state index contributed by atoms with van der Waals surface area (Å²) in [5, 5.41) is 18.6. The maximum Gasteiger partial charge on any atom is 0.240 e. The zero-order valence-electron chi connectivity index (χ0n) is 11.6. The number of phenols is 2. The van der Waals surface area contributed by atoms with Gasteiger partial charge in [-0.25, -0.2) is 0 Å². The summed E-state index contributed by atoms with van der Waals surface area (Å²) < 4.78 is 0. The molecule has 0 aliphatic carbocycles. The van der Waals surface area contributed by atoms with Crippen LogP contribution in [0.2, 0.25) is 0 Å². The van der Waals surface area contributed by atoms with Gasteiger partial charge >= 0.3 is 0 Å². The van der Waals surface area contributed by atoms with Crippen LogP contribution < -0.4 is 5.73 Å². The van der Waals surface area contributed by atoms with E-state index < -0.39 is 6.04 Å². The Bertz CT molecular complexity index is 446. The first-order chi connectivity index (χ1) is 8.86. The summed E-state index contributed by atoms with van der Waals surface area (Å²) >= 11 is 0. The van der Waals surface area contributed by atoms with Crippen LogP contribution in [0, 0.1) is 0 Å². The lowest BCUT2D eigenvalue weighted by Crippen LogP contribution is -2.47. The lowest BCUT2D eigenvalue weighted by Gasteiger charge is -2.28. The average Bonchev–Trinajstić information content (AvgIpc) is 2.34. The van der Waals surface area contributed by atoms with Crippen LogP contribution >= 0.6 is 0 Å². The topological polar surface area (TPSA) is 86.8 Å². The number of hydrogen-bond donors (Lipinski definition) is 3. The summed E-state index contributed by atoms with van der Waals surface area (Å²) in [4.78, 5) is 13.9. The molecule has 0 aliphatic heterocycles. The number of aromatic hydroxyl groups is 2. The van der Waals surface area contributed by atoms with Crippen LogP contribution in [0.25, 0.3) is 0 Å². The van der Waals surface area contributed by atoms with E-state index in [9.17, 15) is 15.0 Å². The molecule has 0 aromatic heterocycles. The Morgan fingerprint density at radius 3 is 2.42 bits per heavy atom. The van der Waals surface area contributed by atoms with Crippen LogP contribution in [0.3, 0.4) is 0 Å². The summed E-state index contributed by atoms with van der Waals surface area (Å²) in [6.07, 6.45) is 0.329. The lowest BCUT2D eigenvalue weighted by molar-refractivity contribution is -0.134. The molecule has 0 aliphatic rings. The van der Waals surface area contributed by atoms with Crippen molar-refractivity contribution in [1.29, 1.82) is 0 Å². The van der Waals surface area contributed by atoms with E-state index in [1.165, 1.54) is 12.1 Å². The second-order valence-corrected chi connectivity index (χ2v) is 4.85. The molecular weight excluding hydrogens is 244 g/mol. The number of phenolic OH excluding ortho intramolecular Hbond substituents is 2. The number of amides is 1. The summed E-state index contributed by atoms with van der Waals surface area (Å²) in [6, 6.07) is 3.92. The van der Waals surface area contributed by atoms with Crippen molar-refractivity contribution in [3.63, 3.8) is 0 Å². The van der Waals surface area contributed by atoms with Gasteiger partial charge in [0.15, 0.2) is 11.5 Å². The molecule has 1 rings (SSSR count). The van der Waals surface area contributed by atoms with Gasteiger partial charge in [-0.15, -0.1) is 0 Å². The fraction of sp³-hybridized carbons (Fsp3) is 0.500. The molecule has 5 nitrogen and oxygen atoms in total. The molecule has 1 atom stereocenters. The third kappa shape index (κ3) is 3.86. The van der Waals surface area contributed by atoms with Crippen LogP contribution in [0.5, 0.6) is 11.5 Å². The molecule has 0 fully saturated rings. The molecular formula is C14H22N2O3. The number of likely N-dealkylation sites (N-methyl/N-ethyl adjacent to an activating group) is 1. The minimum absolute atomic E-state index is 0.106. The van der Waals surface area contributed by atoms with Gasteiger partial charge in [0.1, 0.15) is 0 Å². The van der Waals surface area contributed by atoms with E-state index >= 15 is 0 Å². The first kappa shape index (κ1) is 15.3. The largest absolute Gasteiger partial charge is 0.504 e. The Kier molecular flexibility index (Phi) is 5.18. The van der Waals surface area contributed by atoms with Crippen LogP contribution in [0.15, 0.2) is 18.2 Å². The zero-order chi connectivity index (χ0) is 14.6. The number of nitrogens with zero attached hydrogens (tertiary/aromatic N) is 1. The highest BCUT2D eigenvalue weighted by atomic mass is 16.3. The molecule has 19 heavy (non-hydrogen) atoms. The van der Waals surface area contributed by atoms with Crippen molar-refractivity contribution >= 4 is 5.91 Å². The van der Waals surface area contributed by atoms with Crippen LogP contribution in [-0.2, 0) is 11.2 Å². The monoisotopic (exact) mass is 266 g/mol. The molecule has 0 heterocycles. The van der Waals surface area contributed by atoms with Gasteiger partial charge in [0.05, 0.1) is 6.04 Å². The fourth-order valence-electron chi connectivity index (χ4n) is 2.03. The van der Waals surface area contributed by atoms with Gasteiger partial charge in [-0.05, 0) is 44.9 Å². The summed E-state index contributed by atoms with van der Waals surface area (Å²) in [5.74, 6) is -0.487. The highest BCUT2D eigenvalue weighted by Gasteiger charge is 2.22. The molecule has 1 amide bonds. The quantitative estimate of drug-likeness (QED) is 0.699. The predicted octanol–water partition coefficient (Wildman–Crippen LogP) is 1.22. The van der Waals surface area contributed by atoms with Gasteiger partial charge in [0, 0.05) is 12.6 Å². The summed E-state index contributed by atoms with van der Waals surface area (Å²) in [5.41, 5.74) is 6.63. The predicted molar refractivity (Wildman–Crippen MR) is 74.0 cm³/mol. The standard InChI is InChI=1S/C14H22N2O3/c1-4-16(9(2)3)14(19)11(15)7-10-5-6-12(17)13(18)8-10/h5-6,8-9,11,17-18H,4,7,15H2,1-3H3/t11-/m0/s1. The molecule has 5 heteroatoms. The van der Waals surface area contributed by atoms with Crippen molar-refractivity contribution in [2.45, 2.75) is 39.3 Å².